The molecule has 5 rings (SSSR count). The van der Waals surface area contributed by atoms with E-state index in [0.29, 0.717) is 24.8 Å². The third-order valence-corrected chi connectivity index (χ3v) is 7.42. The minimum Gasteiger partial charge on any atom is -0.508 e. The zero-order valence-electron chi connectivity index (χ0n) is 22.7. The van der Waals surface area contributed by atoms with Crippen LogP contribution < -0.4 is 9.47 Å². The fourth-order valence-corrected chi connectivity index (χ4v) is 5.21. The number of rotatable bonds is 9. The molecule has 4 N–H and O–H groups in total. The predicted octanol–water partition coefficient (Wildman–Crippen LogP) is 6.73. The number of allylic oxidation sites excluding steroid dienone is 1. The Morgan fingerprint density at radius 2 is 1.56 bits per heavy atom. The Hall–Kier alpha value is -4.91. The van der Waals surface area contributed by atoms with Gasteiger partial charge in [-0.05, 0) is 72.4 Å². The number of carbonyl (C=O) groups excluding carboxylic acids is 1. The van der Waals surface area contributed by atoms with Crippen molar-refractivity contribution in [3.8, 4) is 34.5 Å². The molecular formula is C34H32O7. The summed E-state index contributed by atoms with van der Waals surface area (Å²) in [5, 5.41) is 41.0. The molecule has 0 aliphatic carbocycles. The maximum atomic E-state index is 13.5. The third-order valence-electron chi connectivity index (χ3n) is 7.42. The molecule has 0 bridgehead atoms. The normalized spacial score (nSPS) is 16.2. The number of aryl methyl sites for hydroxylation is 1. The molecule has 0 amide bonds. The summed E-state index contributed by atoms with van der Waals surface area (Å²) < 4.78 is 11.7. The molecule has 4 aromatic carbocycles. The number of phenolic OH excluding ortho intramolecular Hbond substituents is 4. The summed E-state index contributed by atoms with van der Waals surface area (Å²) in [5.41, 5.74) is 3.23. The van der Waals surface area contributed by atoms with Crippen LogP contribution >= 0.6 is 0 Å². The Balaban J connectivity index is 1.44. The molecule has 2 atom stereocenters. The van der Waals surface area contributed by atoms with Crippen molar-refractivity contribution in [2.24, 2.45) is 5.92 Å². The molecule has 210 valence electrons. The number of benzene rings is 4. The number of phenols is 4. The second-order valence-corrected chi connectivity index (χ2v) is 10.2. The van der Waals surface area contributed by atoms with Crippen LogP contribution in [0.2, 0.25) is 0 Å². The van der Waals surface area contributed by atoms with Crippen molar-refractivity contribution in [3.05, 3.63) is 113 Å². The smallest absolute Gasteiger partial charge is 0.170 e. The molecule has 0 saturated carbocycles. The summed E-state index contributed by atoms with van der Waals surface area (Å²) in [4.78, 5) is 13.5. The highest BCUT2D eigenvalue weighted by Crippen LogP contribution is 2.48. The van der Waals surface area contributed by atoms with Gasteiger partial charge in [0.25, 0.3) is 0 Å². The second-order valence-electron chi connectivity index (χ2n) is 10.2. The van der Waals surface area contributed by atoms with Gasteiger partial charge in [-0.3, -0.25) is 4.79 Å². The van der Waals surface area contributed by atoms with E-state index in [1.54, 1.807) is 43.5 Å². The third kappa shape index (κ3) is 6.30. The minimum absolute atomic E-state index is 0.0631. The van der Waals surface area contributed by atoms with Crippen LogP contribution in [-0.4, -0.2) is 33.3 Å². The van der Waals surface area contributed by atoms with E-state index in [4.69, 9.17) is 9.47 Å². The molecule has 0 saturated heterocycles. The summed E-state index contributed by atoms with van der Waals surface area (Å²) in [6.45, 7) is 0. The van der Waals surface area contributed by atoms with Crippen molar-refractivity contribution in [1.82, 2.24) is 0 Å². The highest BCUT2D eigenvalue weighted by atomic mass is 16.5. The second kappa shape index (κ2) is 12.1. The number of Topliss-reactive ketones (excluding diaryl/α,β-unsaturated/α-hetero) is 1. The summed E-state index contributed by atoms with van der Waals surface area (Å²) >= 11 is 0. The van der Waals surface area contributed by atoms with Gasteiger partial charge in [-0.2, -0.15) is 0 Å². The first kappa shape index (κ1) is 27.6. The Labute approximate surface area is 238 Å². The average Bonchev–Trinajstić information content (AvgIpc) is 2.97. The summed E-state index contributed by atoms with van der Waals surface area (Å²) in [5.74, 6) is 0.392. The maximum Gasteiger partial charge on any atom is 0.170 e. The highest BCUT2D eigenvalue weighted by Gasteiger charge is 2.36. The summed E-state index contributed by atoms with van der Waals surface area (Å²) in [6, 6.07) is 22.3. The van der Waals surface area contributed by atoms with E-state index in [0.717, 1.165) is 22.4 Å². The first-order valence-electron chi connectivity index (χ1n) is 13.5. The van der Waals surface area contributed by atoms with E-state index in [-0.39, 0.29) is 52.4 Å². The van der Waals surface area contributed by atoms with Crippen molar-refractivity contribution in [1.29, 1.82) is 0 Å². The maximum absolute atomic E-state index is 13.5. The molecule has 0 spiro atoms. The van der Waals surface area contributed by atoms with Gasteiger partial charge < -0.3 is 29.9 Å². The first-order chi connectivity index (χ1) is 19.8. The summed E-state index contributed by atoms with van der Waals surface area (Å²) in [6.07, 6.45) is 5.07. The first-order valence-corrected chi connectivity index (χ1v) is 13.5. The fourth-order valence-electron chi connectivity index (χ4n) is 5.21. The number of ether oxygens (including phenoxy) is 2. The van der Waals surface area contributed by atoms with Crippen LogP contribution in [0.15, 0.2) is 84.9 Å². The van der Waals surface area contributed by atoms with E-state index in [2.05, 4.69) is 0 Å². The monoisotopic (exact) mass is 552 g/mol. The molecule has 41 heavy (non-hydrogen) atoms. The molecule has 1 heterocycles. The Bertz CT molecular complexity index is 1540. The van der Waals surface area contributed by atoms with Gasteiger partial charge in [0.2, 0.25) is 0 Å². The molecule has 4 aromatic rings. The minimum atomic E-state index is -0.498. The molecule has 0 fully saturated rings. The van der Waals surface area contributed by atoms with E-state index in [1.807, 2.05) is 48.6 Å². The topological polar surface area (TPSA) is 116 Å². The Kier molecular flexibility index (Phi) is 8.15. The number of hydrogen-bond acceptors (Lipinski definition) is 7. The Morgan fingerprint density at radius 3 is 2.22 bits per heavy atom. The highest BCUT2D eigenvalue weighted by molar-refractivity contribution is 6.02. The quantitative estimate of drug-likeness (QED) is 0.170. The lowest BCUT2D eigenvalue weighted by atomic mass is 9.82. The molecular weight excluding hydrogens is 520 g/mol. The van der Waals surface area contributed by atoms with Crippen LogP contribution in [0.4, 0.5) is 0 Å². The predicted molar refractivity (Wildman–Crippen MR) is 156 cm³/mol. The lowest BCUT2D eigenvalue weighted by Gasteiger charge is -2.35. The number of hydrogen-bond donors (Lipinski definition) is 4. The van der Waals surface area contributed by atoms with E-state index in [9.17, 15) is 25.2 Å². The van der Waals surface area contributed by atoms with Gasteiger partial charge in [0.1, 0.15) is 46.2 Å². The van der Waals surface area contributed by atoms with Crippen molar-refractivity contribution in [2.45, 2.75) is 31.8 Å². The van der Waals surface area contributed by atoms with Crippen molar-refractivity contribution in [2.75, 3.05) is 7.11 Å². The van der Waals surface area contributed by atoms with Gasteiger partial charge in [0.15, 0.2) is 5.78 Å². The summed E-state index contributed by atoms with van der Waals surface area (Å²) in [7, 11) is 1.59. The zero-order valence-corrected chi connectivity index (χ0v) is 22.7. The number of ketones is 1. The largest absolute Gasteiger partial charge is 0.508 e. The van der Waals surface area contributed by atoms with Crippen molar-refractivity contribution >= 4 is 11.9 Å². The van der Waals surface area contributed by atoms with Gasteiger partial charge in [-0.25, -0.2) is 0 Å². The van der Waals surface area contributed by atoms with Crippen LogP contribution in [0.5, 0.6) is 34.5 Å². The lowest BCUT2D eigenvalue weighted by molar-refractivity contribution is 0.0933. The SMILES string of the molecule is COc1ccc(CCC(=O)c2c(O)cc(O)c3c2O[C@H](c2ccc(O)cc2)[C@@H](C/C=C/c2ccc(O)cc2)C3)cc1. The van der Waals surface area contributed by atoms with Crippen LogP contribution in [-0.2, 0) is 12.8 Å². The molecule has 7 heteroatoms. The molecule has 0 unspecified atom stereocenters. The van der Waals surface area contributed by atoms with Gasteiger partial charge in [0, 0.05) is 24.0 Å². The Morgan fingerprint density at radius 1 is 0.902 bits per heavy atom. The van der Waals surface area contributed by atoms with Crippen LogP contribution in [0.1, 0.15) is 51.6 Å². The van der Waals surface area contributed by atoms with Gasteiger partial charge in [-0.15, -0.1) is 0 Å². The van der Waals surface area contributed by atoms with Crippen LogP contribution in [0, 0.1) is 5.92 Å². The van der Waals surface area contributed by atoms with Crippen molar-refractivity contribution < 1.29 is 34.7 Å². The zero-order chi connectivity index (χ0) is 28.9. The standard InChI is InChI=1S/C34H32O7/c1-40-27-16-7-22(8-17-27)9-18-29(37)32-31(39)20-30(38)28-19-24(4-2-3-21-5-12-25(35)13-6-21)33(41-34(28)32)23-10-14-26(36)15-11-23/h2-3,5-8,10-17,20,24,33,35-36,38-39H,4,9,18-19H2,1H3/b3-2+/t24-,33+/m0/s1. The van der Waals surface area contributed by atoms with E-state index in [1.165, 1.54) is 6.07 Å². The molecule has 0 radical (unpaired) electrons. The average molecular weight is 553 g/mol. The van der Waals surface area contributed by atoms with Crippen LogP contribution in [0.25, 0.3) is 6.08 Å². The van der Waals surface area contributed by atoms with Gasteiger partial charge >= 0.3 is 0 Å². The van der Waals surface area contributed by atoms with Crippen LogP contribution in [0.3, 0.4) is 0 Å². The lowest BCUT2D eigenvalue weighted by Crippen LogP contribution is -2.27. The number of carbonyl (C=O) groups is 1. The number of methoxy groups -OCH3 is 1. The number of fused-ring (bicyclic) bond motifs is 1. The van der Waals surface area contributed by atoms with Gasteiger partial charge in [-0.1, -0.05) is 48.6 Å². The molecule has 1 aliphatic rings. The number of aromatic hydroxyl groups is 4. The molecule has 0 aromatic heterocycles. The van der Waals surface area contributed by atoms with Gasteiger partial charge in [0.05, 0.1) is 7.11 Å². The molecule has 1 aliphatic heterocycles. The van der Waals surface area contributed by atoms with Crippen molar-refractivity contribution in [3.63, 3.8) is 0 Å². The van der Waals surface area contributed by atoms with E-state index >= 15 is 0 Å². The fraction of sp³-hybridized carbons (Fsp3) is 0.206. The molecule has 7 nitrogen and oxygen atoms in total. The van der Waals surface area contributed by atoms with E-state index < -0.39 is 6.10 Å².